The van der Waals surface area contributed by atoms with Crippen LogP contribution in [-0.2, 0) is 0 Å². The van der Waals surface area contributed by atoms with Gasteiger partial charge in [-0.05, 0) is 24.3 Å². The summed E-state index contributed by atoms with van der Waals surface area (Å²) in [5.41, 5.74) is 1.46. The Hall–Kier alpha value is -2.16. The van der Waals surface area contributed by atoms with E-state index < -0.39 is 0 Å². The molecule has 0 bridgehead atoms. The molecule has 0 unspecified atom stereocenters. The first kappa shape index (κ1) is 10.4. The van der Waals surface area contributed by atoms with Crippen molar-refractivity contribution in [2.45, 2.75) is 0 Å². The van der Waals surface area contributed by atoms with Crippen LogP contribution in [0.2, 0.25) is 0 Å². The lowest BCUT2D eigenvalue weighted by atomic mass is 10.2. The van der Waals surface area contributed by atoms with E-state index in [4.69, 9.17) is 0 Å². The highest BCUT2D eigenvalue weighted by Gasteiger charge is 2.12. The van der Waals surface area contributed by atoms with E-state index in [1.165, 1.54) is 0 Å². The van der Waals surface area contributed by atoms with Crippen LogP contribution in [0.5, 0.6) is 0 Å². The quantitative estimate of drug-likeness (QED) is 0.765. The largest absolute Gasteiger partial charge is 0.311 e. The van der Waals surface area contributed by atoms with Crippen LogP contribution in [-0.4, -0.2) is 17.9 Å². The van der Waals surface area contributed by atoms with Crippen molar-refractivity contribution >= 4 is 11.6 Å². The van der Waals surface area contributed by atoms with Gasteiger partial charge in [-0.1, -0.05) is 18.2 Å². The predicted octanol–water partition coefficient (Wildman–Crippen LogP) is 2.36. The van der Waals surface area contributed by atoms with Crippen LogP contribution in [0.3, 0.4) is 0 Å². The molecule has 0 aliphatic rings. The van der Waals surface area contributed by atoms with Crippen LogP contribution in [0.4, 0.5) is 5.69 Å². The highest BCUT2D eigenvalue weighted by Crippen LogP contribution is 2.13. The maximum atomic E-state index is 12.0. The summed E-state index contributed by atoms with van der Waals surface area (Å²) in [7, 11) is 1.75. The van der Waals surface area contributed by atoms with Crippen LogP contribution < -0.4 is 4.90 Å². The van der Waals surface area contributed by atoms with Crippen molar-refractivity contribution in [1.29, 1.82) is 0 Å². The van der Waals surface area contributed by atoms with Crippen molar-refractivity contribution in [2.24, 2.45) is 0 Å². The van der Waals surface area contributed by atoms with Gasteiger partial charge >= 0.3 is 0 Å². The Morgan fingerprint density at radius 3 is 2.50 bits per heavy atom. The highest BCUT2D eigenvalue weighted by molar-refractivity contribution is 6.05. The van der Waals surface area contributed by atoms with Crippen LogP contribution in [0.1, 0.15) is 10.4 Å². The standard InChI is InChI=1S/C13H12N2O/c1-15(12-7-3-2-4-8-12)13(16)11-6-5-9-14-10-11/h2-10H,1H3. The van der Waals surface area contributed by atoms with Gasteiger partial charge in [0.2, 0.25) is 0 Å². The maximum absolute atomic E-state index is 12.0. The Balaban J connectivity index is 2.24. The average molecular weight is 212 g/mol. The first-order valence-electron chi connectivity index (χ1n) is 5.02. The molecule has 80 valence electrons. The van der Waals surface area contributed by atoms with E-state index >= 15 is 0 Å². The number of nitrogens with zero attached hydrogens (tertiary/aromatic N) is 2. The molecule has 16 heavy (non-hydrogen) atoms. The molecule has 3 heteroatoms. The molecule has 0 atom stereocenters. The molecule has 1 amide bonds. The van der Waals surface area contributed by atoms with Gasteiger partial charge in [0.05, 0.1) is 5.56 Å². The fourth-order valence-electron chi connectivity index (χ4n) is 1.45. The number of pyridine rings is 1. The molecule has 0 aliphatic heterocycles. The maximum Gasteiger partial charge on any atom is 0.259 e. The van der Waals surface area contributed by atoms with Gasteiger partial charge in [-0.25, -0.2) is 0 Å². The summed E-state index contributed by atoms with van der Waals surface area (Å²) in [4.78, 5) is 17.6. The third-order valence-corrected chi connectivity index (χ3v) is 2.36. The number of aromatic nitrogens is 1. The topological polar surface area (TPSA) is 33.2 Å². The fraction of sp³-hybridized carbons (Fsp3) is 0.0769. The van der Waals surface area contributed by atoms with Crippen molar-refractivity contribution in [3.63, 3.8) is 0 Å². The summed E-state index contributed by atoms with van der Waals surface area (Å²) in [6.07, 6.45) is 3.22. The molecular formula is C13H12N2O. The normalized spacial score (nSPS) is 9.81. The number of benzene rings is 1. The third kappa shape index (κ3) is 2.08. The Kier molecular flexibility index (Phi) is 2.96. The predicted molar refractivity (Wildman–Crippen MR) is 63.4 cm³/mol. The molecule has 3 nitrogen and oxygen atoms in total. The number of para-hydroxylation sites is 1. The van der Waals surface area contributed by atoms with E-state index in [9.17, 15) is 4.79 Å². The molecule has 1 aromatic heterocycles. The molecule has 0 fully saturated rings. The molecule has 0 saturated carbocycles. The minimum Gasteiger partial charge on any atom is -0.311 e. The van der Waals surface area contributed by atoms with Crippen LogP contribution in [0.25, 0.3) is 0 Å². The fourth-order valence-corrected chi connectivity index (χ4v) is 1.45. The Morgan fingerprint density at radius 1 is 1.12 bits per heavy atom. The van der Waals surface area contributed by atoms with Crippen molar-refractivity contribution in [1.82, 2.24) is 4.98 Å². The Labute approximate surface area is 94.4 Å². The molecule has 0 spiro atoms. The second kappa shape index (κ2) is 4.57. The number of rotatable bonds is 2. The summed E-state index contributed by atoms with van der Waals surface area (Å²) in [5, 5.41) is 0. The van der Waals surface area contributed by atoms with Gasteiger partial charge in [0.25, 0.3) is 5.91 Å². The van der Waals surface area contributed by atoms with Gasteiger partial charge in [0.15, 0.2) is 0 Å². The van der Waals surface area contributed by atoms with Crippen molar-refractivity contribution in [3.05, 3.63) is 60.4 Å². The zero-order valence-corrected chi connectivity index (χ0v) is 9.00. The minimum absolute atomic E-state index is 0.0562. The van der Waals surface area contributed by atoms with Crippen molar-refractivity contribution in [3.8, 4) is 0 Å². The first-order valence-corrected chi connectivity index (χ1v) is 5.02. The zero-order valence-electron chi connectivity index (χ0n) is 9.00. The Bertz CT molecular complexity index is 468. The lowest BCUT2D eigenvalue weighted by Crippen LogP contribution is -2.26. The molecule has 0 saturated heterocycles. The molecule has 1 heterocycles. The van der Waals surface area contributed by atoms with Gasteiger partial charge in [-0.15, -0.1) is 0 Å². The van der Waals surface area contributed by atoms with E-state index in [0.29, 0.717) is 5.56 Å². The summed E-state index contributed by atoms with van der Waals surface area (Å²) in [5.74, 6) is -0.0562. The number of hydrogen-bond donors (Lipinski definition) is 0. The second-order valence-electron chi connectivity index (χ2n) is 3.44. The summed E-state index contributed by atoms with van der Waals surface area (Å²) < 4.78 is 0. The number of carbonyl (C=O) groups excluding carboxylic acids is 1. The molecule has 2 rings (SSSR count). The lowest BCUT2D eigenvalue weighted by Gasteiger charge is -2.16. The number of amides is 1. The van der Waals surface area contributed by atoms with Gasteiger partial charge in [0, 0.05) is 25.1 Å². The molecular weight excluding hydrogens is 200 g/mol. The van der Waals surface area contributed by atoms with Crippen molar-refractivity contribution in [2.75, 3.05) is 11.9 Å². The van der Waals surface area contributed by atoms with E-state index in [-0.39, 0.29) is 5.91 Å². The van der Waals surface area contributed by atoms with Gasteiger partial charge < -0.3 is 4.90 Å². The van der Waals surface area contributed by atoms with Crippen LogP contribution >= 0.6 is 0 Å². The monoisotopic (exact) mass is 212 g/mol. The highest BCUT2D eigenvalue weighted by atomic mass is 16.2. The summed E-state index contributed by atoms with van der Waals surface area (Å²) >= 11 is 0. The molecule has 0 N–H and O–H groups in total. The number of carbonyl (C=O) groups is 1. The van der Waals surface area contributed by atoms with E-state index in [1.807, 2.05) is 30.3 Å². The van der Waals surface area contributed by atoms with Crippen LogP contribution in [0.15, 0.2) is 54.9 Å². The smallest absolute Gasteiger partial charge is 0.259 e. The summed E-state index contributed by atoms with van der Waals surface area (Å²) in [6.45, 7) is 0. The lowest BCUT2D eigenvalue weighted by molar-refractivity contribution is 0.0992. The van der Waals surface area contributed by atoms with Gasteiger partial charge in [0.1, 0.15) is 0 Å². The second-order valence-corrected chi connectivity index (χ2v) is 3.44. The zero-order chi connectivity index (χ0) is 11.4. The molecule has 2 aromatic rings. The van der Waals surface area contributed by atoms with Crippen LogP contribution in [0, 0.1) is 0 Å². The van der Waals surface area contributed by atoms with E-state index in [2.05, 4.69) is 4.98 Å². The first-order chi connectivity index (χ1) is 7.79. The van der Waals surface area contributed by atoms with E-state index in [1.54, 1.807) is 36.5 Å². The minimum atomic E-state index is -0.0562. The van der Waals surface area contributed by atoms with Crippen molar-refractivity contribution < 1.29 is 4.79 Å². The number of anilines is 1. The number of hydrogen-bond acceptors (Lipinski definition) is 2. The average Bonchev–Trinajstić information content (AvgIpc) is 2.39. The van der Waals surface area contributed by atoms with Gasteiger partial charge in [-0.2, -0.15) is 0 Å². The molecule has 0 radical (unpaired) electrons. The van der Waals surface area contributed by atoms with Gasteiger partial charge in [-0.3, -0.25) is 9.78 Å². The molecule has 0 aliphatic carbocycles. The Morgan fingerprint density at radius 2 is 1.88 bits per heavy atom. The van der Waals surface area contributed by atoms with E-state index in [0.717, 1.165) is 5.69 Å². The third-order valence-electron chi connectivity index (χ3n) is 2.36. The molecule has 1 aromatic carbocycles. The summed E-state index contributed by atoms with van der Waals surface area (Å²) in [6, 6.07) is 13.0. The SMILES string of the molecule is CN(C(=O)c1cccnc1)c1ccccc1.